The molecule has 0 heterocycles. The first-order chi connectivity index (χ1) is 12.4. The fourth-order valence-electron chi connectivity index (χ4n) is 2.69. The fraction of sp³-hybridized carbons (Fsp3) is 0.500. The van der Waals surface area contributed by atoms with Crippen LogP contribution in [0.3, 0.4) is 0 Å². The molecule has 0 aliphatic heterocycles. The highest BCUT2D eigenvalue weighted by Crippen LogP contribution is 2.56. The van der Waals surface area contributed by atoms with E-state index in [0.717, 1.165) is 12.1 Å². The molecule has 1 saturated carbocycles. The van der Waals surface area contributed by atoms with Crippen molar-refractivity contribution in [3.05, 3.63) is 41.5 Å². The smallest absolute Gasteiger partial charge is 0.416 e. The van der Waals surface area contributed by atoms with Crippen LogP contribution in [0.25, 0.3) is 6.08 Å². The highest BCUT2D eigenvalue weighted by Gasteiger charge is 2.64. The lowest BCUT2D eigenvalue weighted by Gasteiger charge is -2.23. The Morgan fingerprint density at radius 1 is 1.19 bits per heavy atom. The first-order valence-corrected chi connectivity index (χ1v) is 8.65. The second kappa shape index (κ2) is 7.37. The average Bonchev–Trinajstić information content (AvgIpc) is 3.27. The molecule has 4 nitrogen and oxygen atoms in total. The van der Waals surface area contributed by atoms with E-state index in [4.69, 9.17) is 9.47 Å². The van der Waals surface area contributed by atoms with Crippen molar-refractivity contribution in [3.63, 3.8) is 0 Å². The summed E-state index contributed by atoms with van der Waals surface area (Å²) in [6, 6.07) is 4.55. The van der Waals surface area contributed by atoms with Crippen LogP contribution >= 0.6 is 0 Å². The van der Waals surface area contributed by atoms with E-state index in [0.29, 0.717) is 5.56 Å². The molecule has 1 fully saturated rings. The van der Waals surface area contributed by atoms with Crippen LogP contribution in [0.4, 0.5) is 13.2 Å². The molecule has 0 unspecified atom stereocenters. The third-order valence-corrected chi connectivity index (χ3v) is 4.16. The Morgan fingerprint density at radius 2 is 1.78 bits per heavy atom. The molecule has 1 aromatic carbocycles. The predicted octanol–water partition coefficient (Wildman–Crippen LogP) is 4.63. The second-order valence-electron chi connectivity index (χ2n) is 7.50. The molecule has 1 aromatic rings. The van der Waals surface area contributed by atoms with E-state index in [2.05, 4.69) is 0 Å². The van der Waals surface area contributed by atoms with Crippen molar-refractivity contribution in [1.82, 2.24) is 0 Å². The molecule has 0 bridgehead atoms. The highest BCUT2D eigenvalue weighted by molar-refractivity contribution is 5.94. The molecule has 2 atom stereocenters. The minimum absolute atomic E-state index is 0.197. The summed E-state index contributed by atoms with van der Waals surface area (Å²) < 4.78 is 48.4. The summed E-state index contributed by atoms with van der Waals surface area (Å²) in [5, 5.41) is 0. The van der Waals surface area contributed by atoms with Gasteiger partial charge in [-0.3, -0.25) is 9.59 Å². The number of esters is 2. The van der Waals surface area contributed by atoms with Crippen molar-refractivity contribution in [2.45, 2.75) is 45.9 Å². The minimum atomic E-state index is -4.41. The van der Waals surface area contributed by atoms with Gasteiger partial charge in [-0.1, -0.05) is 24.3 Å². The van der Waals surface area contributed by atoms with Crippen LogP contribution in [0, 0.1) is 11.3 Å². The van der Waals surface area contributed by atoms with Gasteiger partial charge < -0.3 is 9.47 Å². The SMILES string of the molecule is CCOC(=O)[C@@H]1C[C@@]1(/C=C/c1ccc(C(F)(F)F)cc1)C(=O)OC(C)(C)C. The Kier molecular flexibility index (Phi) is 5.73. The third kappa shape index (κ3) is 5.11. The van der Waals surface area contributed by atoms with Crippen LogP contribution in [0.1, 0.15) is 45.2 Å². The van der Waals surface area contributed by atoms with Gasteiger partial charge in [0.15, 0.2) is 0 Å². The monoisotopic (exact) mass is 384 g/mol. The Balaban J connectivity index is 2.24. The van der Waals surface area contributed by atoms with Crippen molar-refractivity contribution in [2.24, 2.45) is 11.3 Å². The van der Waals surface area contributed by atoms with Crippen LogP contribution in [0.15, 0.2) is 30.3 Å². The third-order valence-electron chi connectivity index (χ3n) is 4.16. The van der Waals surface area contributed by atoms with Crippen LogP contribution < -0.4 is 0 Å². The number of hydrogen-bond acceptors (Lipinski definition) is 4. The zero-order valence-corrected chi connectivity index (χ0v) is 15.7. The van der Waals surface area contributed by atoms with E-state index in [1.165, 1.54) is 24.3 Å². The maximum absolute atomic E-state index is 12.7. The van der Waals surface area contributed by atoms with Crippen molar-refractivity contribution in [1.29, 1.82) is 0 Å². The molecule has 2 rings (SSSR count). The number of alkyl halides is 3. The maximum Gasteiger partial charge on any atom is 0.416 e. The molecule has 0 spiro atoms. The summed E-state index contributed by atoms with van der Waals surface area (Å²) in [7, 11) is 0. The molecule has 0 amide bonds. The van der Waals surface area contributed by atoms with Gasteiger partial charge >= 0.3 is 18.1 Å². The topological polar surface area (TPSA) is 52.6 Å². The summed E-state index contributed by atoms with van der Waals surface area (Å²) in [6.45, 7) is 7.04. The number of halogens is 3. The average molecular weight is 384 g/mol. The number of benzene rings is 1. The lowest BCUT2D eigenvalue weighted by atomic mass is 10.0. The normalized spacial score (nSPS) is 22.6. The van der Waals surface area contributed by atoms with E-state index in [9.17, 15) is 22.8 Å². The largest absolute Gasteiger partial charge is 0.466 e. The lowest BCUT2D eigenvalue weighted by molar-refractivity contribution is -0.162. The van der Waals surface area contributed by atoms with E-state index < -0.39 is 40.6 Å². The van der Waals surface area contributed by atoms with Crippen molar-refractivity contribution in [2.75, 3.05) is 6.61 Å². The standard InChI is InChI=1S/C20H23F3O4/c1-5-26-16(24)15-12-19(15,17(25)27-18(2,3)4)11-10-13-6-8-14(9-7-13)20(21,22)23/h6-11,15H,5,12H2,1-4H3/b11-10+/t15-,19+/m0/s1. The molecule has 0 aromatic heterocycles. The molecule has 1 aliphatic rings. The molecule has 148 valence electrons. The quantitative estimate of drug-likeness (QED) is 0.695. The zero-order valence-electron chi connectivity index (χ0n) is 15.7. The second-order valence-corrected chi connectivity index (χ2v) is 7.50. The number of carbonyl (C=O) groups is 2. The van der Waals surface area contributed by atoms with Crippen LogP contribution in [0.5, 0.6) is 0 Å². The van der Waals surface area contributed by atoms with E-state index in [-0.39, 0.29) is 13.0 Å². The van der Waals surface area contributed by atoms with Gasteiger partial charge in [-0.2, -0.15) is 13.2 Å². The Labute approximate surface area is 156 Å². The Bertz CT molecular complexity index is 729. The van der Waals surface area contributed by atoms with E-state index in [1.54, 1.807) is 27.7 Å². The van der Waals surface area contributed by atoms with Gasteiger partial charge in [-0.15, -0.1) is 0 Å². The Hall–Kier alpha value is -2.31. The highest BCUT2D eigenvalue weighted by atomic mass is 19.4. The van der Waals surface area contributed by atoms with Gasteiger partial charge in [0.1, 0.15) is 11.0 Å². The van der Waals surface area contributed by atoms with Gasteiger partial charge in [-0.25, -0.2) is 0 Å². The lowest BCUT2D eigenvalue weighted by Crippen LogP contribution is -2.31. The number of rotatable bonds is 5. The van der Waals surface area contributed by atoms with Crippen LogP contribution in [0.2, 0.25) is 0 Å². The molecule has 27 heavy (non-hydrogen) atoms. The van der Waals surface area contributed by atoms with Crippen molar-refractivity contribution < 1.29 is 32.2 Å². The van der Waals surface area contributed by atoms with Gasteiger partial charge in [0.05, 0.1) is 18.1 Å². The minimum Gasteiger partial charge on any atom is -0.466 e. The summed E-state index contributed by atoms with van der Waals surface area (Å²) in [4.78, 5) is 24.7. The van der Waals surface area contributed by atoms with E-state index >= 15 is 0 Å². The first-order valence-electron chi connectivity index (χ1n) is 8.65. The van der Waals surface area contributed by atoms with Gasteiger partial charge in [0.25, 0.3) is 0 Å². The van der Waals surface area contributed by atoms with Crippen LogP contribution in [-0.4, -0.2) is 24.1 Å². The molecule has 1 aliphatic carbocycles. The summed E-state index contributed by atoms with van der Waals surface area (Å²) in [5.41, 5.74) is -2.14. The molecular formula is C20H23F3O4. The van der Waals surface area contributed by atoms with Crippen molar-refractivity contribution in [3.8, 4) is 0 Å². The number of ether oxygens (including phenoxy) is 2. The maximum atomic E-state index is 12.7. The predicted molar refractivity (Wildman–Crippen MR) is 93.5 cm³/mol. The van der Waals surface area contributed by atoms with Gasteiger partial charge in [0, 0.05) is 0 Å². The van der Waals surface area contributed by atoms with Crippen molar-refractivity contribution >= 4 is 18.0 Å². The summed E-state index contributed by atoms with van der Waals surface area (Å²) in [5.74, 6) is -1.69. The molecule has 7 heteroatoms. The zero-order chi connectivity index (χ0) is 20.5. The molecule has 0 saturated heterocycles. The fourth-order valence-corrected chi connectivity index (χ4v) is 2.69. The summed E-state index contributed by atoms with van der Waals surface area (Å²) >= 11 is 0. The summed E-state index contributed by atoms with van der Waals surface area (Å²) in [6.07, 6.45) is -1.10. The molecule has 0 radical (unpaired) electrons. The van der Waals surface area contributed by atoms with E-state index in [1.807, 2.05) is 0 Å². The molecular weight excluding hydrogens is 361 g/mol. The first kappa shape index (κ1) is 21.0. The van der Waals surface area contributed by atoms with Gasteiger partial charge in [0.2, 0.25) is 0 Å². The number of hydrogen-bond donors (Lipinski definition) is 0. The molecule has 0 N–H and O–H groups in total. The van der Waals surface area contributed by atoms with Gasteiger partial charge in [-0.05, 0) is 51.8 Å². The number of carbonyl (C=O) groups excluding carboxylic acids is 2. The van der Waals surface area contributed by atoms with Crippen LogP contribution in [-0.2, 0) is 25.2 Å². The Morgan fingerprint density at radius 3 is 2.26 bits per heavy atom.